The van der Waals surface area contributed by atoms with Gasteiger partial charge in [0.15, 0.2) is 0 Å². The normalized spacial score (nSPS) is 10.8. The largest absolute Gasteiger partial charge is 0.383 e. The molecule has 1 aromatic rings. The minimum Gasteiger partial charge on any atom is -0.383 e. The summed E-state index contributed by atoms with van der Waals surface area (Å²) in [4.78, 5) is 5.67. The van der Waals surface area contributed by atoms with Gasteiger partial charge in [0.25, 0.3) is 0 Å². The number of pyridine rings is 1. The quantitative estimate of drug-likeness (QED) is 0.696. The molecule has 0 aliphatic rings. The molecule has 16 heavy (non-hydrogen) atoms. The van der Waals surface area contributed by atoms with Crippen molar-refractivity contribution in [1.82, 2.24) is 4.98 Å². The van der Waals surface area contributed by atoms with Gasteiger partial charge in [0.2, 0.25) is 5.95 Å². The topological polar surface area (TPSA) is 25.4 Å². The fraction of sp³-hybridized carbons (Fsp3) is 0.583. The molecule has 0 aliphatic heterocycles. The summed E-state index contributed by atoms with van der Waals surface area (Å²) in [5.74, 6) is 0.0803. The Kier molecular flexibility index (Phi) is 5.19. The Morgan fingerprint density at radius 2 is 2.25 bits per heavy atom. The predicted molar refractivity (Wildman–Crippen MR) is 63.1 cm³/mol. The molecular formula is C12H19FN2O. The van der Waals surface area contributed by atoms with Gasteiger partial charge in [0.1, 0.15) is 0 Å². The third kappa shape index (κ3) is 4.14. The highest BCUT2D eigenvalue weighted by Gasteiger charge is 2.09. The van der Waals surface area contributed by atoms with Crippen LogP contribution in [0.3, 0.4) is 0 Å². The molecular weight excluding hydrogens is 207 g/mol. The van der Waals surface area contributed by atoms with Crippen LogP contribution in [-0.4, -0.2) is 31.8 Å². The van der Waals surface area contributed by atoms with Crippen LogP contribution in [-0.2, 0) is 4.74 Å². The Hall–Kier alpha value is -1.16. The van der Waals surface area contributed by atoms with E-state index in [9.17, 15) is 4.39 Å². The molecule has 0 amide bonds. The van der Waals surface area contributed by atoms with Gasteiger partial charge in [0, 0.05) is 38.1 Å². The highest BCUT2D eigenvalue weighted by atomic mass is 19.1. The number of ether oxygens (including phenoxy) is 1. The fourth-order valence-corrected chi connectivity index (χ4v) is 1.56. The highest BCUT2D eigenvalue weighted by molar-refractivity contribution is 5.44. The first-order valence-electron chi connectivity index (χ1n) is 5.49. The first-order valence-corrected chi connectivity index (χ1v) is 5.49. The Bertz CT molecular complexity index is 318. The average Bonchev–Trinajstić information content (AvgIpc) is 2.23. The van der Waals surface area contributed by atoms with E-state index in [2.05, 4.69) is 23.7 Å². The third-order valence-electron chi connectivity index (χ3n) is 2.23. The second-order valence-electron chi connectivity index (χ2n) is 4.17. The Morgan fingerprint density at radius 1 is 1.50 bits per heavy atom. The summed E-state index contributed by atoms with van der Waals surface area (Å²) in [7, 11) is 1.67. The summed E-state index contributed by atoms with van der Waals surface area (Å²) < 4.78 is 18.1. The molecule has 0 unspecified atom stereocenters. The molecule has 0 radical (unpaired) electrons. The predicted octanol–water partition coefficient (Wildman–Crippen LogP) is 2.33. The molecule has 0 N–H and O–H groups in total. The van der Waals surface area contributed by atoms with Crippen molar-refractivity contribution in [3.8, 4) is 0 Å². The maximum atomic E-state index is 13.0. The maximum absolute atomic E-state index is 13.0. The third-order valence-corrected chi connectivity index (χ3v) is 2.23. The van der Waals surface area contributed by atoms with Gasteiger partial charge in [-0.15, -0.1) is 0 Å². The van der Waals surface area contributed by atoms with Crippen LogP contribution in [0.25, 0.3) is 0 Å². The van der Waals surface area contributed by atoms with Crippen LogP contribution < -0.4 is 4.90 Å². The lowest BCUT2D eigenvalue weighted by molar-refractivity contribution is 0.204. The monoisotopic (exact) mass is 226 g/mol. The number of hydrogen-bond donors (Lipinski definition) is 0. The van der Waals surface area contributed by atoms with Gasteiger partial charge in [0.05, 0.1) is 6.61 Å². The van der Waals surface area contributed by atoms with Gasteiger partial charge in [-0.1, -0.05) is 13.8 Å². The fourth-order valence-electron chi connectivity index (χ4n) is 1.56. The summed E-state index contributed by atoms with van der Waals surface area (Å²) >= 11 is 0. The molecule has 1 heterocycles. The van der Waals surface area contributed by atoms with Crippen molar-refractivity contribution in [1.29, 1.82) is 0 Å². The lowest BCUT2D eigenvalue weighted by Crippen LogP contribution is -2.31. The van der Waals surface area contributed by atoms with E-state index >= 15 is 0 Å². The van der Waals surface area contributed by atoms with Gasteiger partial charge in [-0.25, -0.2) is 4.98 Å². The van der Waals surface area contributed by atoms with E-state index in [1.54, 1.807) is 7.11 Å². The molecule has 0 saturated heterocycles. The number of methoxy groups -OCH3 is 1. The summed E-state index contributed by atoms with van der Waals surface area (Å²) in [5, 5.41) is 0. The van der Waals surface area contributed by atoms with Crippen molar-refractivity contribution in [2.24, 2.45) is 5.92 Å². The average molecular weight is 226 g/mol. The zero-order valence-corrected chi connectivity index (χ0v) is 10.1. The van der Waals surface area contributed by atoms with Crippen molar-refractivity contribution in [3.05, 3.63) is 24.3 Å². The molecule has 0 saturated carbocycles. The number of hydrogen-bond acceptors (Lipinski definition) is 3. The summed E-state index contributed by atoms with van der Waals surface area (Å²) in [6.07, 6.45) is 1.49. The van der Waals surface area contributed by atoms with E-state index in [-0.39, 0.29) is 0 Å². The molecule has 1 rings (SSSR count). The molecule has 1 aromatic heterocycles. The van der Waals surface area contributed by atoms with Crippen LogP contribution in [0, 0.1) is 11.9 Å². The van der Waals surface area contributed by atoms with E-state index in [1.807, 2.05) is 6.07 Å². The molecule has 0 bridgehead atoms. The lowest BCUT2D eigenvalue weighted by atomic mass is 10.2. The van der Waals surface area contributed by atoms with Crippen LogP contribution in [0.15, 0.2) is 18.3 Å². The smallest absolute Gasteiger partial charge is 0.214 e. The number of anilines is 1. The van der Waals surface area contributed by atoms with Crippen LogP contribution in [0.2, 0.25) is 0 Å². The minimum absolute atomic E-state index is 0.441. The van der Waals surface area contributed by atoms with Crippen LogP contribution in [0.5, 0.6) is 0 Å². The Labute approximate surface area is 96.2 Å². The highest BCUT2D eigenvalue weighted by Crippen LogP contribution is 2.15. The van der Waals surface area contributed by atoms with Crippen LogP contribution in [0.1, 0.15) is 13.8 Å². The molecule has 0 fully saturated rings. The molecule has 4 heteroatoms. The molecule has 0 spiro atoms. The first-order chi connectivity index (χ1) is 7.63. The Balaban J connectivity index is 2.74. The SMILES string of the molecule is COCCN(CC(C)C)c1ccnc(F)c1. The van der Waals surface area contributed by atoms with E-state index in [1.165, 1.54) is 12.3 Å². The molecule has 3 nitrogen and oxygen atoms in total. The molecule has 0 atom stereocenters. The van der Waals surface area contributed by atoms with Crippen molar-refractivity contribution in [2.45, 2.75) is 13.8 Å². The molecule has 0 aliphatic carbocycles. The minimum atomic E-state index is -0.441. The Morgan fingerprint density at radius 3 is 2.81 bits per heavy atom. The molecule has 0 aromatic carbocycles. The second kappa shape index (κ2) is 6.43. The van der Waals surface area contributed by atoms with E-state index in [0.29, 0.717) is 12.5 Å². The van der Waals surface area contributed by atoms with Gasteiger partial charge < -0.3 is 9.64 Å². The van der Waals surface area contributed by atoms with Crippen LogP contribution >= 0.6 is 0 Å². The summed E-state index contributed by atoms with van der Waals surface area (Å²) in [5.41, 5.74) is 0.859. The first kappa shape index (κ1) is 12.9. The van der Waals surface area contributed by atoms with E-state index in [4.69, 9.17) is 4.74 Å². The zero-order valence-electron chi connectivity index (χ0n) is 10.1. The van der Waals surface area contributed by atoms with E-state index < -0.39 is 5.95 Å². The van der Waals surface area contributed by atoms with Gasteiger partial charge >= 0.3 is 0 Å². The van der Waals surface area contributed by atoms with Gasteiger partial charge in [-0.2, -0.15) is 4.39 Å². The van der Waals surface area contributed by atoms with Gasteiger partial charge in [-0.3, -0.25) is 0 Å². The van der Waals surface area contributed by atoms with Crippen LogP contribution in [0.4, 0.5) is 10.1 Å². The number of rotatable bonds is 6. The van der Waals surface area contributed by atoms with Crippen molar-refractivity contribution < 1.29 is 9.13 Å². The zero-order chi connectivity index (χ0) is 12.0. The van der Waals surface area contributed by atoms with Crippen molar-refractivity contribution >= 4 is 5.69 Å². The maximum Gasteiger partial charge on any atom is 0.214 e. The standard InChI is InChI=1S/C12H19FN2O/c1-10(2)9-15(6-7-16-3)11-4-5-14-12(13)8-11/h4-5,8,10H,6-7,9H2,1-3H3. The van der Waals surface area contributed by atoms with Crippen molar-refractivity contribution in [2.75, 3.05) is 31.7 Å². The van der Waals surface area contributed by atoms with E-state index in [0.717, 1.165) is 18.8 Å². The summed E-state index contributed by atoms with van der Waals surface area (Å²) in [6, 6.07) is 3.28. The molecule has 90 valence electrons. The lowest BCUT2D eigenvalue weighted by Gasteiger charge is -2.26. The second-order valence-corrected chi connectivity index (χ2v) is 4.17. The number of halogens is 1. The van der Waals surface area contributed by atoms with Gasteiger partial charge in [-0.05, 0) is 12.0 Å². The number of nitrogens with zero attached hydrogens (tertiary/aromatic N) is 2. The summed E-state index contributed by atoms with van der Waals surface area (Å²) in [6.45, 7) is 6.55. The number of aromatic nitrogens is 1. The van der Waals surface area contributed by atoms with Crippen molar-refractivity contribution in [3.63, 3.8) is 0 Å².